The number of para-hydroxylation sites is 1. The first-order valence-electron chi connectivity index (χ1n) is 8.79. The Bertz CT molecular complexity index is 1060. The molecule has 2 aromatic carbocycles. The summed E-state index contributed by atoms with van der Waals surface area (Å²) in [6, 6.07) is 10.8. The molecule has 0 atom stereocenters. The molecule has 3 aromatic rings. The van der Waals surface area contributed by atoms with E-state index in [1.807, 2.05) is 29.7 Å². The highest BCUT2D eigenvalue weighted by Crippen LogP contribution is 2.28. The average molecular weight is 398 g/mol. The lowest BCUT2D eigenvalue weighted by Crippen LogP contribution is -2.16. The largest absolute Gasteiger partial charge is 0.497 e. The molecule has 0 N–H and O–H groups in total. The summed E-state index contributed by atoms with van der Waals surface area (Å²) in [6.07, 6.45) is 1.77. The smallest absolute Gasteiger partial charge is 0.279 e. The van der Waals surface area contributed by atoms with Crippen LogP contribution in [0, 0.1) is 0 Å². The number of carbonyl (C=O) groups excluding carboxylic acids is 1. The number of hydrogen-bond acceptors (Lipinski definition) is 5. The summed E-state index contributed by atoms with van der Waals surface area (Å²) in [5.41, 5.74) is 1.30. The van der Waals surface area contributed by atoms with Crippen molar-refractivity contribution in [2.24, 2.45) is 4.99 Å². The predicted molar refractivity (Wildman–Crippen MR) is 111 cm³/mol. The molecule has 1 aromatic heterocycles. The van der Waals surface area contributed by atoms with E-state index in [-0.39, 0.29) is 5.91 Å². The molecule has 0 saturated heterocycles. The number of methoxy groups -OCH3 is 2. The third kappa shape index (κ3) is 3.94. The summed E-state index contributed by atoms with van der Waals surface area (Å²) >= 11 is 1.43. The van der Waals surface area contributed by atoms with Gasteiger partial charge in [0.05, 0.1) is 25.5 Å². The van der Waals surface area contributed by atoms with Gasteiger partial charge in [0.2, 0.25) is 0 Å². The number of nitrogens with zero attached hydrogens (tertiary/aromatic N) is 2. The van der Waals surface area contributed by atoms with Crippen molar-refractivity contribution >= 4 is 27.5 Å². The average Bonchev–Trinajstić information content (AvgIpc) is 3.06. The molecule has 0 aliphatic rings. The SMILES string of the molecule is C=CCn1c(=NC(=O)c2cc(OC)cc(OC)c2)sc2cccc(OCC)c21. The van der Waals surface area contributed by atoms with Crippen LogP contribution < -0.4 is 19.0 Å². The zero-order valence-corrected chi connectivity index (χ0v) is 16.9. The van der Waals surface area contributed by atoms with Crippen molar-refractivity contribution in [1.82, 2.24) is 4.57 Å². The number of rotatable bonds is 7. The lowest BCUT2D eigenvalue weighted by Gasteiger charge is -2.08. The molecular weight excluding hydrogens is 376 g/mol. The summed E-state index contributed by atoms with van der Waals surface area (Å²) < 4.78 is 19.2. The van der Waals surface area contributed by atoms with Crippen molar-refractivity contribution in [2.45, 2.75) is 13.5 Å². The predicted octanol–water partition coefficient (Wildman–Crippen LogP) is 4.05. The summed E-state index contributed by atoms with van der Waals surface area (Å²) in [6.45, 7) is 6.83. The molecule has 6 nitrogen and oxygen atoms in total. The Hall–Kier alpha value is -3.06. The van der Waals surface area contributed by atoms with Crippen molar-refractivity contribution < 1.29 is 19.0 Å². The van der Waals surface area contributed by atoms with Gasteiger partial charge >= 0.3 is 0 Å². The Kier molecular flexibility index (Phi) is 6.16. The van der Waals surface area contributed by atoms with Gasteiger partial charge in [-0.2, -0.15) is 4.99 Å². The van der Waals surface area contributed by atoms with Crippen LogP contribution in [0.25, 0.3) is 10.2 Å². The third-order valence-electron chi connectivity index (χ3n) is 4.07. The number of amides is 1. The molecule has 0 radical (unpaired) electrons. The molecule has 28 heavy (non-hydrogen) atoms. The molecule has 0 aliphatic heterocycles. The van der Waals surface area contributed by atoms with E-state index >= 15 is 0 Å². The van der Waals surface area contributed by atoms with Crippen molar-refractivity contribution in [3.63, 3.8) is 0 Å². The van der Waals surface area contributed by atoms with Gasteiger partial charge < -0.3 is 18.8 Å². The molecule has 0 bridgehead atoms. The number of ether oxygens (including phenoxy) is 3. The van der Waals surface area contributed by atoms with E-state index in [9.17, 15) is 4.79 Å². The highest BCUT2D eigenvalue weighted by molar-refractivity contribution is 7.16. The summed E-state index contributed by atoms with van der Waals surface area (Å²) in [7, 11) is 3.08. The third-order valence-corrected chi connectivity index (χ3v) is 5.11. The minimum Gasteiger partial charge on any atom is -0.497 e. The molecule has 0 aliphatic carbocycles. The van der Waals surface area contributed by atoms with Crippen molar-refractivity contribution in [1.29, 1.82) is 0 Å². The van der Waals surface area contributed by atoms with Crippen LogP contribution in [0.3, 0.4) is 0 Å². The van der Waals surface area contributed by atoms with Gasteiger partial charge in [-0.25, -0.2) is 0 Å². The van der Waals surface area contributed by atoms with Crippen LogP contribution in [-0.2, 0) is 6.54 Å². The molecule has 1 amide bonds. The number of benzene rings is 2. The van der Waals surface area contributed by atoms with E-state index in [0.717, 1.165) is 16.0 Å². The molecule has 0 unspecified atom stereocenters. The van der Waals surface area contributed by atoms with Crippen LogP contribution in [0.5, 0.6) is 17.2 Å². The van der Waals surface area contributed by atoms with Gasteiger partial charge in [-0.3, -0.25) is 4.79 Å². The van der Waals surface area contributed by atoms with E-state index in [2.05, 4.69) is 11.6 Å². The summed E-state index contributed by atoms with van der Waals surface area (Å²) in [4.78, 5) is 17.8. The number of thiazole rings is 1. The van der Waals surface area contributed by atoms with Gasteiger partial charge in [-0.05, 0) is 31.2 Å². The van der Waals surface area contributed by atoms with Gasteiger partial charge in [0.15, 0.2) is 4.80 Å². The van der Waals surface area contributed by atoms with E-state index in [1.54, 1.807) is 38.5 Å². The number of fused-ring (bicyclic) bond motifs is 1. The van der Waals surface area contributed by atoms with Crippen LogP contribution in [-0.4, -0.2) is 31.3 Å². The zero-order valence-electron chi connectivity index (χ0n) is 16.1. The minimum atomic E-state index is -0.375. The minimum absolute atomic E-state index is 0.375. The second kappa shape index (κ2) is 8.75. The summed E-state index contributed by atoms with van der Waals surface area (Å²) in [5, 5.41) is 0. The van der Waals surface area contributed by atoms with Gasteiger partial charge in [-0.1, -0.05) is 23.5 Å². The summed E-state index contributed by atoms with van der Waals surface area (Å²) in [5.74, 6) is 1.45. The maximum Gasteiger partial charge on any atom is 0.279 e. The molecular formula is C21H22N2O4S. The normalized spacial score (nSPS) is 11.5. The number of aromatic nitrogens is 1. The van der Waals surface area contributed by atoms with E-state index in [4.69, 9.17) is 14.2 Å². The van der Waals surface area contributed by atoms with E-state index in [0.29, 0.717) is 35.0 Å². The van der Waals surface area contributed by atoms with Crippen molar-refractivity contribution in [3.8, 4) is 17.2 Å². The first kappa shape index (κ1) is 19.7. The first-order chi connectivity index (χ1) is 13.6. The Morgan fingerprint density at radius 2 is 1.93 bits per heavy atom. The molecule has 0 spiro atoms. The fourth-order valence-corrected chi connectivity index (χ4v) is 3.89. The molecule has 0 fully saturated rings. The van der Waals surface area contributed by atoms with E-state index < -0.39 is 0 Å². The van der Waals surface area contributed by atoms with Crippen molar-refractivity contribution in [3.05, 3.63) is 59.4 Å². The van der Waals surface area contributed by atoms with Gasteiger partial charge in [0, 0.05) is 18.2 Å². The Morgan fingerprint density at radius 1 is 1.21 bits per heavy atom. The number of allylic oxidation sites excluding steroid dienone is 1. The maximum atomic E-state index is 12.9. The van der Waals surface area contributed by atoms with Gasteiger partial charge in [-0.15, -0.1) is 6.58 Å². The molecule has 7 heteroatoms. The molecule has 3 rings (SSSR count). The molecule has 146 valence electrons. The Balaban J connectivity index is 2.16. The lowest BCUT2D eigenvalue weighted by atomic mass is 10.2. The van der Waals surface area contributed by atoms with Crippen LogP contribution >= 0.6 is 11.3 Å². The number of hydrogen-bond donors (Lipinski definition) is 0. The van der Waals surface area contributed by atoms with Crippen LogP contribution in [0.4, 0.5) is 0 Å². The second-order valence-corrected chi connectivity index (χ2v) is 6.85. The number of carbonyl (C=O) groups is 1. The highest BCUT2D eigenvalue weighted by Gasteiger charge is 2.14. The topological polar surface area (TPSA) is 62.1 Å². The van der Waals surface area contributed by atoms with Crippen molar-refractivity contribution in [2.75, 3.05) is 20.8 Å². The monoisotopic (exact) mass is 398 g/mol. The maximum absolute atomic E-state index is 12.9. The standard InChI is InChI=1S/C21H22N2O4S/c1-5-10-23-19-17(27-6-2)8-7-9-18(19)28-21(23)22-20(24)14-11-15(25-3)13-16(12-14)26-4/h5,7-9,11-13H,1,6,10H2,2-4H3. The molecule has 0 saturated carbocycles. The second-order valence-electron chi connectivity index (χ2n) is 5.84. The molecule has 1 heterocycles. The Labute approximate surface area is 167 Å². The lowest BCUT2D eigenvalue weighted by molar-refractivity contribution is 0.0997. The Morgan fingerprint density at radius 3 is 2.54 bits per heavy atom. The van der Waals surface area contributed by atoms with Gasteiger partial charge in [0.1, 0.15) is 22.8 Å². The fourth-order valence-electron chi connectivity index (χ4n) is 2.84. The van der Waals surface area contributed by atoms with E-state index in [1.165, 1.54) is 11.3 Å². The quantitative estimate of drug-likeness (QED) is 0.564. The first-order valence-corrected chi connectivity index (χ1v) is 9.61. The fraction of sp³-hybridized carbons (Fsp3) is 0.238. The zero-order chi connectivity index (χ0) is 20.1. The van der Waals surface area contributed by atoms with Crippen LogP contribution in [0.15, 0.2) is 54.0 Å². The highest BCUT2D eigenvalue weighted by atomic mass is 32.1. The van der Waals surface area contributed by atoms with Crippen LogP contribution in [0.1, 0.15) is 17.3 Å². The van der Waals surface area contributed by atoms with Crippen LogP contribution in [0.2, 0.25) is 0 Å². The van der Waals surface area contributed by atoms with Gasteiger partial charge in [0.25, 0.3) is 5.91 Å².